The third kappa shape index (κ3) is 3.58. The number of hydrogen-bond acceptors (Lipinski definition) is 2. The van der Waals surface area contributed by atoms with Gasteiger partial charge in [-0.25, -0.2) is 4.39 Å². The van der Waals surface area contributed by atoms with E-state index in [1.54, 1.807) is 12.1 Å². The summed E-state index contributed by atoms with van der Waals surface area (Å²) in [6, 6.07) is 7.73. The van der Waals surface area contributed by atoms with Crippen LogP contribution < -0.4 is 5.73 Å². The zero-order valence-corrected chi connectivity index (χ0v) is 12.7. The summed E-state index contributed by atoms with van der Waals surface area (Å²) in [5, 5.41) is 0. The summed E-state index contributed by atoms with van der Waals surface area (Å²) in [6.07, 6.45) is 5.58. The van der Waals surface area contributed by atoms with Crippen LogP contribution in [0.3, 0.4) is 0 Å². The van der Waals surface area contributed by atoms with Gasteiger partial charge in [-0.1, -0.05) is 31.5 Å². The van der Waals surface area contributed by atoms with E-state index in [-0.39, 0.29) is 11.4 Å². The number of nitrogens with two attached hydrogens (primary N) is 1. The van der Waals surface area contributed by atoms with Crippen molar-refractivity contribution in [3.8, 4) is 0 Å². The van der Waals surface area contributed by atoms with Gasteiger partial charge in [0.15, 0.2) is 0 Å². The predicted molar refractivity (Wildman–Crippen MR) is 82.2 cm³/mol. The number of halogens is 1. The number of hydrogen-bond donors (Lipinski definition) is 1. The molecule has 1 unspecified atom stereocenters. The fourth-order valence-electron chi connectivity index (χ4n) is 2.95. The smallest absolute Gasteiger partial charge is 0.126 e. The van der Waals surface area contributed by atoms with Crippen LogP contribution in [-0.2, 0) is 6.42 Å². The van der Waals surface area contributed by atoms with E-state index >= 15 is 0 Å². The molecule has 1 saturated carbocycles. The van der Waals surface area contributed by atoms with Crippen molar-refractivity contribution in [3.05, 3.63) is 35.6 Å². The minimum atomic E-state index is -0.140. The lowest BCUT2D eigenvalue weighted by Gasteiger charge is -2.41. The fraction of sp³-hybridized carbons (Fsp3) is 0.647. The van der Waals surface area contributed by atoms with Crippen molar-refractivity contribution in [1.82, 2.24) is 4.90 Å². The Bertz CT molecular complexity index is 431. The lowest BCUT2D eigenvalue weighted by Crippen LogP contribution is -2.54. The van der Waals surface area contributed by atoms with Crippen LogP contribution in [0.25, 0.3) is 0 Å². The van der Waals surface area contributed by atoms with Crippen LogP contribution >= 0.6 is 0 Å². The minimum Gasteiger partial charge on any atom is -0.329 e. The summed E-state index contributed by atoms with van der Waals surface area (Å²) >= 11 is 0. The highest BCUT2D eigenvalue weighted by Gasteiger charge is 2.40. The van der Waals surface area contributed by atoms with Crippen LogP contribution in [0.1, 0.15) is 45.1 Å². The molecule has 1 aromatic rings. The normalized spacial score (nSPS) is 18.2. The predicted octanol–water partition coefficient (Wildman–Crippen LogP) is 3.35. The summed E-state index contributed by atoms with van der Waals surface area (Å²) in [7, 11) is 0. The van der Waals surface area contributed by atoms with Gasteiger partial charge in [-0.05, 0) is 50.8 Å². The molecule has 20 heavy (non-hydrogen) atoms. The third-order valence-electron chi connectivity index (χ3n) is 4.40. The van der Waals surface area contributed by atoms with Gasteiger partial charge in [-0.2, -0.15) is 0 Å². The first kappa shape index (κ1) is 15.5. The Morgan fingerprint density at radius 2 is 2.05 bits per heavy atom. The molecule has 0 heterocycles. The molecule has 1 aliphatic carbocycles. The highest BCUT2D eigenvalue weighted by Crippen LogP contribution is 2.34. The first-order valence-electron chi connectivity index (χ1n) is 7.81. The molecule has 2 rings (SSSR count). The van der Waals surface area contributed by atoms with Crippen LogP contribution in [0.5, 0.6) is 0 Å². The van der Waals surface area contributed by atoms with Gasteiger partial charge in [0.25, 0.3) is 0 Å². The Kier molecular flexibility index (Phi) is 5.17. The average Bonchev–Trinajstić information content (AvgIpc) is 3.26. The number of benzene rings is 1. The highest BCUT2D eigenvalue weighted by atomic mass is 19.1. The summed E-state index contributed by atoms with van der Waals surface area (Å²) in [4.78, 5) is 2.53. The molecular formula is C17H27FN2. The first-order chi connectivity index (χ1) is 9.60. The lowest BCUT2D eigenvalue weighted by atomic mass is 9.90. The SMILES string of the molecule is CCCCN(C1CC1)C(C)(CN)Cc1ccccc1F. The number of nitrogens with zero attached hydrogens (tertiary/aromatic N) is 1. The van der Waals surface area contributed by atoms with E-state index in [9.17, 15) is 4.39 Å². The van der Waals surface area contributed by atoms with Crippen molar-refractivity contribution in [3.63, 3.8) is 0 Å². The molecule has 0 aromatic heterocycles. The summed E-state index contributed by atoms with van der Waals surface area (Å²) < 4.78 is 13.9. The van der Waals surface area contributed by atoms with Gasteiger partial charge in [0, 0.05) is 18.1 Å². The molecular weight excluding hydrogens is 251 g/mol. The van der Waals surface area contributed by atoms with E-state index in [1.807, 2.05) is 12.1 Å². The van der Waals surface area contributed by atoms with E-state index in [1.165, 1.54) is 25.7 Å². The summed E-state index contributed by atoms with van der Waals surface area (Å²) in [6.45, 7) is 6.04. The Morgan fingerprint density at radius 1 is 1.35 bits per heavy atom. The Morgan fingerprint density at radius 3 is 2.60 bits per heavy atom. The Labute approximate surface area is 122 Å². The average molecular weight is 278 g/mol. The number of rotatable bonds is 8. The second-order valence-electron chi connectivity index (χ2n) is 6.25. The van der Waals surface area contributed by atoms with Crippen molar-refractivity contribution < 1.29 is 4.39 Å². The molecule has 1 atom stereocenters. The second kappa shape index (κ2) is 6.68. The fourth-order valence-corrected chi connectivity index (χ4v) is 2.95. The van der Waals surface area contributed by atoms with Gasteiger partial charge in [-0.15, -0.1) is 0 Å². The molecule has 0 radical (unpaired) electrons. The van der Waals surface area contributed by atoms with Crippen LogP contribution in [0.2, 0.25) is 0 Å². The molecule has 2 N–H and O–H groups in total. The molecule has 0 aliphatic heterocycles. The van der Waals surface area contributed by atoms with Gasteiger partial charge in [0.05, 0.1) is 0 Å². The quantitative estimate of drug-likeness (QED) is 0.790. The van der Waals surface area contributed by atoms with Gasteiger partial charge in [0.2, 0.25) is 0 Å². The second-order valence-corrected chi connectivity index (χ2v) is 6.25. The Balaban J connectivity index is 2.15. The first-order valence-corrected chi connectivity index (χ1v) is 7.81. The van der Waals surface area contributed by atoms with Crippen LogP contribution in [0.15, 0.2) is 24.3 Å². The molecule has 1 aromatic carbocycles. The van der Waals surface area contributed by atoms with Crippen molar-refractivity contribution in [2.24, 2.45) is 5.73 Å². The van der Waals surface area contributed by atoms with E-state index in [2.05, 4.69) is 18.7 Å². The number of unbranched alkanes of at least 4 members (excludes halogenated alkanes) is 1. The Hall–Kier alpha value is -0.930. The maximum atomic E-state index is 13.9. The van der Waals surface area contributed by atoms with E-state index in [0.717, 1.165) is 12.1 Å². The van der Waals surface area contributed by atoms with Crippen molar-refractivity contribution in [1.29, 1.82) is 0 Å². The minimum absolute atomic E-state index is 0.113. The van der Waals surface area contributed by atoms with Crippen LogP contribution in [0, 0.1) is 5.82 Å². The summed E-state index contributed by atoms with van der Waals surface area (Å²) in [5.41, 5.74) is 6.72. The molecule has 2 nitrogen and oxygen atoms in total. The van der Waals surface area contributed by atoms with E-state index in [4.69, 9.17) is 5.73 Å². The molecule has 1 fully saturated rings. The van der Waals surface area contributed by atoms with Gasteiger partial charge >= 0.3 is 0 Å². The summed E-state index contributed by atoms with van der Waals surface area (Å²) in [5.74, 6) is -0.113. The molecule has 1 aliphatic rings. The topological polar surface area (TPSA) is 29.3 Å². The molecule has 3 heteroatoms. The van der Waals surface area contributed by atoms with E-state index < -0.39 is 0 Å². The van der Waals surface area contributed by atoms with Crippen molar-refractivity contribution in [2.75, 3.05) is 13.1 Å². The molecule has 0 bridgehead atoms. The van der Waals surface area contributed by atoms with Crippen LogP contribution in [0.4, 0.5) is 4.39 Å². The zero-order valence-electron chi connectivity index (χ0n) is 12.7. The van der Waals surface area contributed by atoms with Gasteiger partial charge in [0.1, 0.15) is 5.82 Å². The van der Waals surface area contributed by atoms with Crippen molar-refractivity contribution >= 4 is 0 Å². The largest absolute Gasteiger partial charge is 0.329 e. The standard InChI is InChI=1S/C17H27FN2/c1-3-4-11-20(15-9-10-15)17(2,13-19)12-14-7-5-6-8-16(14)18/h5-8,15H,3-4,9-13,19H2,1-2H3. The lowest BCUT2D eigenvalue weighted by molar-refractivity contribution is 0.0977. The molecule has 0 spiro atoms. The van der Waals surface area contributed by atoms with Gasteiger partial charge < -0.3 is 5.73 Å². The monoisotopic (exact) mass is 278 g/mol. The maximum Gasteiger partial charge on any atom is 0.126 e. The molecule has 0 amide bonds. The molecule has 0 saturated heterocycles. The van der Waals surface area contributed by atoms with E-state index in [0.29, 0.717) is 19.0 Å². The third-order valence-corrected chi connectivity index (χ3v) is 4.40. The van der Waals surface area contributed by atoms with Crippen LogP contribution in [-0.4, -0.2) is 29.6 Å². The highest BCUT2D eigenvalue weighted by molar-refractivity contribution is 5.20. The maximum absolute atomic E-state index is 13.9. The molecule has 112 valence electrons. The zero-order chi connectivity index (χ0) is 14.6. The van der Waals surface area contributed by atoms with Crippen molar-refractivity contribution in [2.45, 2.75) is 57.5 Å². The van der Waals surface area contributed by atoms with Gasteiger partial charge in [-0.3, -0.25) is 4.90 Å².